The molecule has 4 rings (SSSR count). The van der Waals surface area contributed by atoms with E-state index in [1.807, 2.05) is 0 Å². The van der Waals surface area contributed by atoms with E-state index in [-0.39, 0.29) is 26.5 Å². The van der Waals surface area contributed by atoms with Gasteiger partial charge in [-0.05, 0) is 42.8 Å². The Labute approximate surface area is 197 Å². The second-order valence-electron chi connectivity index (χ2n) is 7.23. The van der Waals surface area contributed by atoms with Crippen LogP contribution in [-0.2, 0) is 10.0 Å². The molecule has 0 fully saturated rings. The zero-order chi connectivity index (χ0) is 24.5. The molecule has 7 nitrogen and oxygen atoms in total. The molecule has 1 unspecified atom stereocenters. The summed E-state index contributed by atoms with van der Waals surface area (Å²) in [4.78, 5) is 11.8. The van der Waals surface area contributed by atoms with Gasteiger partial charge < -0.3 is 4.74 Å². The molecule has 0 amide bonds. The van der Waals surface area contributed by atoms with Gasteiger partial charge in [0.25, 0.3) is 15.9 Å². The Kier molecular flexibility index (Phi) is 6.32. The summed E-state index contributed by atoms with van der Waals surface area (Å²) < 4.78 is 75.1. The maximum atomic E-state index is 13.9. The van der Waals surface area contributed by atoms with Crippen LogP contribution in [0.2, 0.25) is 5.02 Å². The summed E-state index contributed by atoms with van der Waals surface area (Å²) in [5.74, 6) is -1.17. The molecule has 4 aromatic rings. The van der Waals surface area contributed by atoms with E-state index < -0.39 is 34.0 Å². The SMILES string of the molecule is Cc1ccc2nc(NS(=O)(=O)c3ccccc3Cl)c(OC(c3cccnc3)C(F)(F)F)nc2c1. The molecule has 0 saturated carbocycles. The van der Waals surface area contributed by atoms with Crippen molar-refractivity contribution in [2.45, 2.75) is 24.1 Å². The van der Waals surface area contributed by atoms with Gasteiger partial charge in [-0.1, -0.05) is 35.9 Å². The number of fused-ring (bicyclic) bond motifs is 1. The summed E-state index contributed by atoms with van der Waals surface area (Å²) in [6.07, 6.45) is -5.00. The molecule has 12 heteroatoms. The Balaban J connectivity index is 1.84. The van der Waals surface area contributed by atoms with E-state index in [4.69, 9.17) is 16.3 Å². The Morgan fingerprint density at radius 3 is 2.47 bits per heavy atom. The van der Waals surface area contributed by atoms with Gasteiger partial charge >= 0.3 is 6.18 Å². The number of aryl methyl sites for hydroxylation is 1. The molecule has 2 aromatic heterocycles. The molecule has 1 atom stereocenters. The normalized spacial score (nSPS) is 13.0. The van der Waals surface area contributed by atoms with Gasteiger partial charge in [-0.25, -0.2) is 18.4 Å². The lowest BCUT2D eigenvalue weighted by atomic mass is 10.1. The minimum atomic E-state index is -4.86. The predicted octanol–water partition coefficient (Wildman–Crippen LogP) is 5.47. The lowest BCUT2D eigenvalue weighted by molar-refractivity contribution is -0.198. The fourth-order valence-electron chi connectivity index (χ4n) is 3.11. The second kappa shape index (κ2) is 9.07. The van der Waals surface area contributed by atoms with Gasteiger partial charge in [0.1, 0.15) is 4.90 Å². The van der Waals surface area contributed by atoms with Crippen LogP contribution >= 0.6 is 11.6 Å². The number of hydrogen-bond acceptors (Lipinski definition) is 6. The molecule has 2 aromatic carbocycles. The zero-order valence-electron chi connectivity index (χ0n) is 17.4. The van der Waals surface area contributed by atoms with E-state index in [1.54, 1.807) is 25.1 Å². The van der Waals surface area contributed by atoms with Crippen LogP contribution in [0.15, 0.2) is 71.9 Å². The largest absolute Gasteiger partial charge is 0.457 e. The van der Waals surface area contributed by atoms with Crippen LogP contribution < -0.4 is 9.46 Å². The fourth-order valence-corrected chi connectivity index (χ4v) is 4.63. The maximum absolute atomic E-state index is 13.9. The van der Waals surface area contributed by atoms with Crippen LogP contribution in [0.4, 0.5) is 19.0 Å². The summed E-state index contributed by atoms with van der Waals surface area (Å²) in [6.45, 7) is 1.77. The minimum absolute atomic E-state index is 0.0784. The van der Waals surface area contributed by atoms with Crippen LogP contribution in [0.1, 0.15) is 17.2 Å². The van der Waals surface area contributed by atoms with Gasteiger partial charge in [-0.15, -0.1) is 0 Å². The lowest BCUT2D eigenvalue weighted by Gasteiger charge is -2.22. The first-order chi connectivity index (χ1) is 16.0. The fraction of sp³-hybridized carbons (Fsp3) is 0.136. The molecular weight excluding hydrogens is 493 g/mol. The number of benzene rings is 2. The number of hydrogen-bond donors (Lipinski definition) is 1. The van der Waals surface area contributed by atoms with Crippen LogP contribution in [0.3, 0.4) is 0 Å². The van der Waals surface area contributed by atoms with E-state index in [0.717, 1.165) is 11.8 Å². The molecule has 0 bridgehead atoms. The highest BCUT2D eigenvalue weighted by Gasteiger charge is 2.44. The molecular formula is C22H16ClF3N4O3S. The third-order valence-corrected chi connectivity index (χ3v) is 6.50. The number of aromatic nitrogens is 3. The summed E-state index contributed by atoms with van der Waals surface area (Å²) in [5.41, 5.74) is 0.959. The quantitative estimate of drug-likeness (QED) is 0.371. The predicted molar refractivity (Wildman–Crippen MR) is 120 cm³/mol. The highest BCUT2D eigenvalue weighted by molar-refractivity contribution is 7.92. The third-order valence-electron chi connectivity index (χ3n) is 4.66. The molecule has 2 heterocycles. The van der Waals surface area contributed by atoms with E-state index in [9.17, 15) is 21.6 Å². The van der Waals surface area contributed by atoms with Crippen molar-refractivity contribution in [1.82, 2.24) is 15.0 Å². The van der Waals surface area contributed by atoms with Gasteiger partial charge in [0.2, 0.25) is 11.9 Å². The monoisotopic (exact) mass is 508 g/mol. The van der Waals surface area contributed by atoms with Crippen LogP contribution in [0.25, 0.3) is 11.0 Å². The number of pyridine rings is 1. The van der Waals surface area contributed by atoms with Crippen molar-refractivity contribution in [3.8, 4) is 5.88 Å². The van der Waals surface area contributed by atoms with Gasteiger partial charge in [0, 0.05) is 18.0 Å². The van der Waals surface area contributed by atoms with Gasteiger partial charge in [-0.3, -0.25) is 9.71 Å². The van der Waals surface area contributed by atoms with Crippen molar-refractivity contribution in [3.05, 3.63) is 83.1 Å². The lowest BCUT2D eigenvalue weighted by Crippen LogP contribution is -2.27. The summed E-state index contributed by atoms with van der Waals surface area (Å²) >= 11 is 6.01. The number of nitrogens with zero attached hydrogens (tertiary/aromatic N) is 3. The average Bonchev–Trinajstić information content (AvgIpc) is 2.77. The van der Waals surface area contributed by atoms with Gasteiger partial charge in [0.05, 0.1) is 16.1 Å². The van der Waals surface area contributed by atoms with Crippen molar-refractivity contribution >= 4 is 38.5 Å². The molecule has 0 aliphatic carbocycles. The summed E-state index contributed by atoms with van der Waals surface area (Å²) in [6, 6.07) is 13.0. The first-order valence-corrected chi connectivity index (χ1v) is 11.6. The van der Waals surface area contributed by atoms with E-state index in [0.29, 0.717) is 0 Å². The highest BCUT2D eigenvalue weighted by Crippen LogP contribution is 2.38. The van der Waals surface area contributed by atoms with Gasteiger partial charge in [0.15, 0.2) is 0 Å². The number of rotatable bonds is 6. The Bertz CT molecular complexity index is 1450. The smallest absolute Gasteiger partial charge is 0.429 e. The Morgan fingerprint density at radius 1 is 1.03 bits per heavy atom. The van der Waals surface area contributed by atoms with Crippen molar-refractivity contribution in [2.75, 3.05) is 4.72 Å². The number of anilines is 1. The van der Waals surface area contributed by atoms with E-state index >= 15 is 0 Å². The van der Waals surface area contributed by atoms with Gasteiger partial charge in [-0.2, -0.15) is 13.2 Å². The highest BCUT2D eigenvalue weighted by atomic mass is 35.5. The third kappa shape index (κ3) is 5.05. The topological polar surface area (TPSA) is 94.1 Å². The number of ether oxygens (including phenoxy) is 1. The Morgan fingerprint density at radius 2 is 1.79 bits per heavy atom. The number of alkyl halides is 3. The first-order valence-electron chi connectivity index (χ1n) is 9.73. The van der Waals surface area contributed by atoms with E-state index in [2.05, 4.69) is 19.7 Å². The van der Waals surface area contributed by atoms with E-state index in [1.165, 1.54) is 42.6 Å². The Hall–Kier alpha value is -3.44. The van der Waals surface area contributed by atoms with Crippen molar-refractivity contribution in [1.29, 1.82) is 0 Å². The first kappa shape index (κ1) is 23.7. The van der Waals surface area contributed by atoms with Crippen LogP contribution in [-0.4, -0.2) is 29.5 Å². The van der Waals surface area contributed by atoms with Crippen LogP contribution in [0, 0.1) is 6.92 Å². The summed E-state index contributed by atoms with van der Waals surface area (Å²) in [5, 5.41) is -0.0784. The average molecular weight is 509 g/mol. The number of nitrogens with one attached hydrogen (secondary N) is 1. The number of sulfonamides is 1. The number of halogens is 4. The standard InChI is InChI=1S/C22H16ClF3N4O3S/c1-13-8-9-16-17(11-13)29-21(33-19(22(24,25)26)14-5-4-10-27-12-14)20(28-16)30-34(31,32)18-7-3-2-6-15(18)23/h2-12,19H,1H3,(H,28,30). The van der Waals surface area contributed by atoms with Crippen molar-refractivity contribution < 1.29 is 26.3 Å². The molecule has 176 valence electrons. The zero-order valence-corrected chi connectivity index (χ0v) is 19.0. The maximum Gasteiger partial charge on any atom is 0.429 e. The van der Waals surface area contributed by atoms with Crippen LogP contribution in [0.5, 0.6) is 5.88 Å². The minimum Gasteiger partial charge on any atom is -0.457 e. The molecule has 0 radical (unpaired) electrons. The molecule has 0 aliphatic rings. The molecule has 0 aliphatic heterocycles. The van der Waals surface area contributed by atoms with Crippen molar-refractivity contribution in [3.63, 3.8) is 0 Å². The molecule has 0 saturated heterocycles. The molecule has 1 N–H and O–H groups in total. The molecule has 34 heavy (non-hydrogen) atoms. The summed E-state index contributed by atoms with van der Waals surface area (Å²) in [7, 11) is -4.34. The van der Waals surface area contributed by atoms with Crippen molar-refractivity contribution in [2.24, 2.45) is 0 Å². The second-order valence-corrected chi connectivity index (χ2v) is 9.29. The molecule has 0 spiro atoms.